The summed E-state index contributed by atoms with van der Waals surface area (Å²) in [5.41, 5.74) is 0.800. The van der Waals surface area contributed by atoms with Crippen molar-refractivity contribution in [3.05, 3.63) is 38.3 Å². The highest BCUT2D eigenvalue weighted by molar-refractivity contribution is 14.1. The Morgan fingerprint density at radius 1 is 1.38 bits per heavy atom. The molecule has 0 aliphatic rings. The SMILES string of the molecule is Fc1ccc2ncc(I)c(Br)c2c1. The summed E-state index contributed by atoms with van der Waals surface area (Å²) in [6.45, 7) is 0. The number of halogens is 3. The van der Waals surface area contributed by atoms with Crippen molar-refractivity contribution in [2.75, 3.05) is 0 Å². The first kappa shape index (κ1) is 9.33. The smallest absolute Gasteiger partial charge is 0.124 e. The van der Waals surface area contributed by atoms with E-state index in [4.69, 9.17) is 0 Å². The molecular formula is C9H4BrFIN. The highest BCUT2D eigenvalue weighted by Crippen LogP contribution is 2.27. The molecule has 1 nitrogen and oxygen atoms in total. The van der Waals surface area contributed by atoms with Crippen molar-refractivity contribution in [1.82, 2.24) is 4.98 Å². The minimum absolute atomic E-state index is 0.239. The fraction of sp³-hybridized carbons (Fsp3) is 0. The van der Waals surface area contributed by atoms with Crippen molar-refractivity contribution in [2.45, 2.75) is 0 Å². The van der Waals surface area contributed by atoms with Crippen molar-refractivity contribution >= 4 is 49.4 Å². The van der Waals surface area contributed by atoms with Crippen molar-refractivity contribution in [3.8, 4) is 0 Å². The van der Waals surface area contributed by atoms with E-state index in [1.165, 1.54) is 12.1 Å². The van der Waals surface area contributed by atoms with Crippen LogP contribution in [-0.4, -0.2) is 4.98 Å². The first-order chi connectivity index (χ1) is 6.18. The molecular weight excluding hydrogens is 348 g/mol. The van der Waals surface area contributed by atoms with Gasteiger partial charge in [0.05, 0.1) is 5.52 Å². The van der Waals surface area contributed by atoms with Gasteiger partial charge in [0, 0.05) is 19.6 Å². The Kier molecular flexibility index (Phi) is 2.51. The van der Waals surface area contributed by atoms with Gasteiger partial charge in [-0.25, -0.2) is 4.39 Å². The Balaban J connectivity index is 2.89. The van der Waals surface area contributed by atoms with Crippen LogP contribution in [0.3, 0.4) is 0 Å². The van der Waals surface area contributed by atoms with Crippen LogP contribution < -0.4 is 0 Å². The van der Waals surface area contributed by atoms with Crippen LogP contribution >= 0.6 is 38.5 Å². The Bertz CT molecular complexity index is 467. The van der Waals surface area contributed by atoms with Crippen LogP contribution in [0.1, 0.15) is 0 Å². The summed E-state index contributed by atoms with van der Waals surface area (Å²) in [7, 11) is 0. The molecule has 0 saturated heterocycles. The lowest BCUT2D eigenvalue weighted by molar-refractivity contribution is 0.629. The van der Waals surface area contributed by atoms with Gasteiger partial charge in [-0.3, -0.25) is 4.98 Å². The summed E-state index contributed by atoms with van der Waals surface area (Å²) in [5.74, 6) is -0.239. The third-order valence-corrected chi connectivity index (χ3v) is 4.14. The van der Waals surface area contributed by atoms with Crippen LogP contribution in [0.15, 0.2) is 28.9 Å². The van der Waals surface area contributed by atoms with Crippen LogP contribution in [-0.2, 0) is 0 Å². The van der Waals surface area contributed by atoms with Crippen molar-refractivity contribution in [1.29, 1.82) is 0 Å². The van der Waals surface area contributed by atoms with E-state index in [9.17, 15) is 4.39 Å². The third-order valence-electron chi connectivity index (χ3n) is 1.72. The number of hydrogen-bond acceptors (Lipinski definition) is 1. The summed E-state index contributed by atoms with van der Waals surface area (Å²) in [6, 6.07) is 4.56. The van der Waals surface area contributed by atoms with Crippen molar-refractivity contribution in [2.24, 2.45) is 0 Å². The number of fused-ring (bicyclic) bond motifs is 1. The van der Waals surface area contributed by atoms with Crippen LogP contribution in [0.4, 0.5) is 4.39 Å². The van der Waals surface area contributed by atoms with Crippen LogP contribution in [0.25, 0.3) is 10.9 Å². The Morgan fingerprint density at radius 2 is 2.15 bits per heavy atom. The summed E-state index contributed by atoms with van der Waals surface area (Å²) < 4.78 is 14.8. The number of hydrogen-bond donors (Lipinski definition) is 0. The van der Waals surface area contributed by atoms with E-state index in [0.717, 1.165) is 18.9 Å². The molecule has 1 heterocycles. The zero-order valence-electron chi connectivity index (χ0n) is 6.39. The number of benzene rings is 1. The molecule has 0 spiro atoms. The predicted octanol–water partition coefficient (Wildman–Crippen LogP) is 3.74. The molecule has 0 aliphatic carbocycles. The Labute approximate surface area is 96.6 Å². The molecule has 2 aromatic rings. The fourth-order valence-corrected chi connectivity index (χ4v) is 1.96. The maximum absolute atomic E-state index is 12.9. The molecule has 0 saturated carbocycles. The van der Waals surface area contributed by atoms with Gasteiger partial charge in [0.1, 0.15) is 5.82 Å². The van der Waals surface area contributed by atoms with Gasteiger partial charge >= 0.3 is 0 Å². The lowest BCUT2D eigenvalue weighted by atomic mass is 10.2. The van der Waals surface area contributed by atoms with Gasteiger partial charge in [0.2, 0.25) is 0 Å². The van der Waals surface area contributed by atoms with Crippen molar-refractivity contribution in [3.63, 3.8) is 0 Å². The molecule has 0 fully saturated rings. The second-order valence-electron chi connectivity index (χ2n) is 2.58. The highest BCUT2D eigenvalue weighted by Gasteiger charge is 2.04. The molecule has 4 heteroatoms. The van der Waals surface area contributed by atoms with Gasteiger partial charge in [-0.2, -0.15) is 0 Å². The van der Waals surface area contributed by atoms with Crippen molar-refractivity contribution < 1.29 is 4.39 Å². The monoisotopic (exact) mass is 351 g/mol. The van der Waals surface area contributed by atoms with E-state index in [2.05, 4.69) is 43.5 Å². The number of nitrogens with zero attached hydrogens (tertiary/aromatic N) is 1. The van der Waals surface area contributed by atoms with E-state index in [1.54, 1.807) is 12.3 Å². The highest BCUT2D eigenvalue weighted by atomic mass is 127. The molecule has 1 aromatic carbocycles. The minimum atomic E-state index is -0.239. The van der Waals surface area contributed by atoms with E-state index in [-0.39, 0.29) is 5.82 Å². The summed E-state index contributed by atoms with van der Waals surface area (Å²) >= 11 is 5.55. The van der Waals surface area contributed by atoms with Gasteiger partial charge in [-0.15, -0.1) is 0 Å². The quantitative estimate of drug-likeness (QED) is 0.659. The second-order valence-corrected chi connectivity index (χ2v) is 4.54. The molecule has 0 amide bonds. The average Bonchev–Trinajstić information content (AvgIpc) is 2.12. The molecule has 0 atom stereocenters. The molecule has 0 aliphatic heterocycles. The minimum Gasteiger partial charge on any atom is -0.255 e. The summed E-state index contributed by atoms with van der Waals surface area (Å²) in [6.07, 6.45) is 1.75. The van der Waals surface area contributed by atoms with Gasteiger partial charge in [0.15, 0.2) is 0 Å². The maximum atomic E-state index is 12.9. The predicted molar refractivity (Wildman–Crippen MR) is 62.1 cm³/mol. The van der Waals surface area contributed by atoms with E-state index >= 15 is 0 Å². The van der Waals surface area contributed by atoms with Crippen LogP contribution in [0.2, 0.25) is 0 Å². The zero-order chi connectivity index (χ0) is 9.42. The van der Waals surface area contributed by atoms with E-state index in [1.807, 2.05) is 0 Å². The molecule has 0 bridgehead atoms. The summed E-state index contributed by atoms with van der Waals surface area (Å²) in [4.78, 5) is 4.18. The first-order valence-electron chi connectivity index (χ1n) is 3.58. The second kappa shape index (κ2) is 3.49. The lowest BCUT2D eigenvalue weighted by Gasteiger charge is -2.01. The largest absolute Gasteiger partial charge is 0.255 e. The van der Waals surface area contributed by atoms with Gasteiger partial charge in [-0.1, -0.05) is 0 Å². The number of rotatable bonds is 0. The molecule has 0 unspecified atom stereocenters. The normalized spacial score (nSPS) is 10.7. The fourth-order valence-electron chi connectivity index (χ4n) is 1.11. The third kappa shape index (κ3) is 1.69. The topological polar surface area (TPSA) is 12.9 Å². The number of pyridine rings is 1. The molecule has 0 N–H and O–H groups in total. The van der Waals surface area contributed by atoms with Gasteiger partial charge in [0.25, 0.3) is 0 Å². The molecule has 66 valence electrons. The van der Waals surface area contributed by atoms with Gasteiger partial charge < -0.3 is 0 Å². The van der Waals surface area contributed by atoms with E-state index in [0.29, 0.717) is 0 Å². The first-order valence-corrected chi connectivity index (χ1v) is 5.45. The lowest BCUT2D eigenvalue weighted by Crippen LogP contribution is -1.85. The molecule has 1 aromatic heterocycles. The van der Waals surface area contributed by atoms with Gasteiger partial charge in [-0.05, 0) is 56.7 Å². The van der Waals surface area contributed by atoms with E-state index < -0.39 is 0 Å². The maximum Gasteiger partial charge on any atom is 0.124 e. The standard InChI is InChI=1S/C9H4BrFIN/c10-9-6-3-5(11)1-2-8(6)13-4-7(9)12/h1-4H. The summed E-state index contributed by atoms with van der Waals surface area (Å²) in [5, 5.41) is 0.812. The Hall–Kier alpha value is -0.230. The Morgan fingerprint density at radius 3 is 2.92 bits per heavy atom. The molecule has 0 radical (unpaired) electrons. The van der Waals surface area contributed by atoms with Crippen LogP contribution in [0, 0.1) is 9.39 Å². The van der Waals surface area contributed by atoms with Crippen LogP contribution in [0.5, 0.6) is 0 Å². The molecule has 2 rings (SSSR count). The average molecular weight is 352 g/mol. The zero-order valence-corrected chi connectivity index (χ0v) is 10.1. The molecule has 13 heavy (non-hydrogen) atoms. The number of aromatic nitrogens is 1.